The fourth-order valence-corrected chi connectivity index (χ4v) is 8.91. The van der Waals surface area contributed by atoms with Crippen LogP contribution in [0.1, 0.15) is 78.7 Å². The van der Waals surface area contributed by atoms with Gasteiger partial charge in [-0.05, 0) is 69.2 Å². The van der Waals surface area contributed by atoms with Gasteiger partial charge in [-0.2, -0.15) is 0 Å². The SMILES string of the molecule is CCC(=O)OCC(=O)C1(OC(=O)CC)[C@@H](C)C[C@H]2[C@@H]3CCC4=C/C(=N/c5ccccc5C)C=C[C@]4(C)[C@@]3(F)[C@@H](O)C[C@@]21C. The van der Waals surface area contributed by atoms with Crippen molar-refractivity contribution < 1.29 is 33.4 Å². The van der Waals surface area contributed by atoms with Gasteiger partial charge in [0, 0.05) is 35.5 Å². The normalized spacial score (nSPS) is 38.9. The highest BCUT2D eigenvalue weighted by Crippen LogP contribution is 2.71. The highest BCUT2D eigenvalue weighted by molar-refractivity contribution is 6.07. The Labute approximate surface area is 253 Å². The van der Waals surface area contributed by atoms with E-state index in [9.17, 15) is 19.5 Å². The molecule has 7 nitrogen and oxygen atoms in total. The predicted molar refractivity (Wildman–Crippen MR) is 162 cm³/mol. The van der Waals surface area contributed by atoms with Gasteiger partial charge in [0.05, 0.1) is 17.5 Å². The number of hydrogen-bond acceptors (Lipinski definition) is 7. The van der Waals surface area contributed by atoms with Crippen molar-refractivity contribution in [3.05, 3.63) is 53.6 Å². The topological polar surface area (TPSA) is 102 Å². The molecule has 0 radical (unpaired) electrons. The van der Waals surface area contributed by atoms with Crippen LogP contribution in [0, 0.1) is 35.5 Å². The first-order chi connectivity index (χ1) is 20.3. The van der Waals surface area contributed by atoms with Gasteiger partial charge in [-0.1, -0.05) is 57.5 Å². The minimum atomic E-state index is -2.01. The summed E-state index contributed by atoms with van der Waals surface area (Å²) in [5, 5.41) is 11.9. The van der Waals surface area contributed by atoms with Crippen LogP contribution in [0.2, 0.25) is 0 Å². The van der Waals surface area contributed by atoms with Crippen LogP contribution in [0.25, 0.3) is 0 Å². The third kappa shape index (κ3) is 4.54. The molecule has 0 aromatic heterocycles. The standard InChI is InChI=1S/C35H44FNO6/c1-7-30(40)42-20-29(39)35(43-31(41)8-2)22(4)17-26-25-14-13-23-18-24(37-27-12-10-9-11-21(27)3)15-16-32(23,5)34(25,36)28(38)19-33(26,35)6/h9-12,15-16,18,22,25-26,28,38H,7-8,13-14,17,19-20H2,1-6H3/b37-24+/t22-,25-,26-,28-,32-,33-,34-,35?/m0/s1. The summed E-state index contributed by atoms with van der Waals surface area (Å²) in [5.41, 5.74) is -2.25. The molecule has 232 valence electrons. The summed E-state index contributed by atoms with van der Waals surface area (Å²) < 4.78 is 29.2. The van der Waals surface area contributed by atoms with Crippen molar-refractivity contribution in [2.24, 2.45) is 33.6 Å². The summed E-state index contributed by atoms with van der Waals surface area (Å²) in [6.45, 7) is 10.3. The van der Waals surface area contributed by atoms with Gasteiger partial charge in [-0.25, -0.2) is 9.38 Å². The quantitative estimate of drug-likeness (QED) is 0.371. The van der Waals surface area contributed by atoms with Gasteiger partial charge in [0.15, 0.2) is 17.9 Å². The summed E-state index contributed by atoms with van der Waals surface area (Å²) >= 11 is 0. The fraction of sp³-hybridized carbons (Fsp3) is 0.600. The molecule has 0 bridgehead atoms. The Morgan fingerprint density at radius 2 is 1.79 bits per heavy atom. The molecular weight excluding hydrogens is 549 g/mol. The second-order valence-electron chi connectivity index (χ2n) is 13.3. The minimum Gasteiger partial charge on any atom is -0.457 e. The molecule has 43 heavy (non-hydrogen) atoms. The number of ether oxygens (including phenoxy) is 2. The highest BCUT2D eigenvalue weighted by Gasteiger charge is 2.77. The van der Waals surface area contributed by atoms with E-state index in [1.165, 1.54) is 0 Å². The van der Waals surface area contributed by atoms with Gasteiger partial charge in [0.1, 0.15) is 0 Å². The number of carbonyl (C=O) groups excluding carboxylic acids is 3. The smallest absolute Gasteiger partial charge is 0.306 e. The van der Waals surface area contributed by atoms with Crippen LogP contribution < -0.4 is 0 Å². The summed E-state index contributed by atoms with van der Waals surface area (Å²) in [4.78, 5) is 43.6. The maximum Gasteiger partial charge on any atom is 0.306 e. The van der Waals surface area contributed by atoms with Crippen molar-refractivity contribution in [3.8, 4) is 0 Å². The first-order valence-electron chi connectivity index (χ1n) is 15.6. The second-order valence-corrected chi connectivity index (χ2v) is 13.3. The lowest BCUT2D eigenvalue weighted by Crippen LogP contribution is -2.70. The number of hydrogen-bond donors (Lipinski definition) is 1. The van der Waals surface area contributed by atoms with Gasteiger partial charge in [0.2, 0.25) is 5.78 Å². The van der Waals surface area contributed by atoms with E-state index in [4.69, 9.17) is 14.5 Å². The van der Waals surface area contributed by atoms with Crippen LogP contribution in [0.5, 0.6) is 0 Å². The third-order valence-corrected chi connectivity index (χ3v) is 11.2. The third-order valence-electron chi connectivity index (χ3n) is 11.2. The lowest BCUT2D eigenvalue weighted by Gasteiger charge is -2.62. The van der Waals surface area contributed by atoms with Crippen molar-refractivity contribution in [2.75, 3.05) is 6.61 Å². The molecule has 0 heterocycles. The number of halogens is 1. The van der Waals surface area contributed by atoms with Crippen LogP contribution in [0.4, 0.5) is 10.1 Å². The second kappa shape index (κ2) is 11.1. The van der Waals surface area contributed by atoms with Crippen molar-refractivity contribution in [1.82, 2.24) is 0 Å². The number of alkyl halides is 1. The Morgan fingerprint density at radius 1 is 1.09 bits per heavy atom. The molecule has 4 aliphatic carbocycles. The lowest BCUT2D eigenvalue weighted by molar-refractivity contribution is -0.228. The molecule has 0 saturated heterocycles. The summed E-state index contributed by atoms with van der Waals surface area (Å²) in [7, 11) is 0. The van der Waals surface area contributed by atoms with Crippen LogP contribution in [0.3, 0.4) is 0 Å². The zero-order valence-electron chi connectivity index (χ0n) is 26.1. The van der Waals surface area contributed by atoms with Crippen LogP contribution in [-0.4, -0.2) is 52.5 Å². The number of carbonyl (C=O) groups is 3. The van der Waals surface area contributed by atoms with E-state index in [1.54, 1.807) is 13.8 Å². The molecule has 3 saturated carbocycles. The van der Waals surface area contributed by atoms with E-state index >= 15 is 4.39 Å². The van der Waals surface area contributed by atoms with Gasteiger partial charge >= 0.3 is 11.9 Å². The van der Waals surface area contributed by atoms with Crippen molar-refractivity contribution in [2.45, 2.75) is 97.4 Å². The molecule has 4 aliphatic rings. The Balaban J connectivity index is 1.53. The van der Waals surface area contributed by atoms with Gasteiger partial charge < -0.3 is 14.6 Å². The van der Waals surface area contributed by atoms with E-state index in [0.29, 0.717) is 19.3 Å². The van der Waals surface area contributed by atoms with E-state index < -0.39 is 64.4 Å². The fourth-order valence-electron chi connectivity index (χ4n) is 8.91. The molecule has 8 atom stereocenters. The van der Waals surface area contributed by atoms with E-state index in [2.05, 4.69) is 0 Å². The summed E-state index contributed by atoms with van der Waals surface area (Å²) in [6, 6.07) is 7.85. The number of aliphatic hydroxyl groups excluding tert-OH is 1. The molecule has 0 spiro atoms. The number of Topliss-reactive ketones (excluding diaryl/α,β-unsaturated/α-hetero) is 1. The van der Waals surface area contributed by atoms with E-state index in [-0.39, 0.29) is 25.2 Å². The van der Waals surface area contributed by atoms with Crippen molar-refractivity contribution in [3.63, 3.8) is 0 Å². The van der Waals surface area contributed by atoms with Crippen molar-refractivity contribution in [1.29, 1.82) is 0 Å². The number of nitrogens with zero attached hydrogens (tertiary/aromatic N) is 1. The number of aliphatic hydroxyl groups is 1. The van der Waals surface area contributed by atoms with Crippen molar-refractivity contribution >= 4 is 29.1 Å². The zero-order valence-corrected chi connectivity index (χ0v) is 26.1. The number of fused-ring (bicyclic) bond motifs is 5. The number of allylic oxidation sites excluding steroid dienone is 4. The molecule has 1 N–H and O–H groups in total. The molecule has 0 amide bonds. The molecule has 5 rings (SSSR count). The number of aryl methyl sites for hydroxylation is 1. The number of benzene rings is 1. The summed E-state index contributed by atoms with van der Waals surface area (Å²) in [6.07, 6.45) is 5.86. The average Bonchev–Trinajstić information content (AvgIpc) is 3.19. The molecule has 0 aliphatic heterocycles. The number of esters is 2. The number of para-hydroxylation sites is 1. The average molecular weight is 594 g/mol. The first-order valence-corrected chi connectivity index (χ1v) is 15.6. The molecule has 8 heteroatoms. The minimum absolute atomic E-state index is 0.0552. The maximum atomic E-state index is 17.9. The monoisotopic (exact) mass is 593 g/mol. The summed E-state index contributed by atoms with van der Waals surface area (Å²) in [5.74, 6) is -2.98. The molecule has 1 unspecified atom stereocenters. The first kappa shape index (κ1) is 31.3. The Hall–Kier alpha value is -3.13. The van der Waals surface area contributed by atoms with Gasteiger partial charge in [-0.15, -0.1) is 0 Å². The molecule has 3 fully saturated rings. The lowest BCUT2D eigenvalue weighted by atomic mass is 9.44. The van der Waals surface area contributed by atoms with Crippen LogP contribution >= 0.6 is 0 Å². The number of aliphatic imine (C=N–C) groups is 1. The Morgan fingerprint density at radius 3 is 2.47 bits per heavy atom. The largest absolute Gasteiger partial charge is 0.457 e. The maximum absolute atomic E-state index is 17.9. The van der Waals surface area contributed by atoms with E-state index in [1.807, 2.05) is 70.2 Å². The Bertz CT molecular complexity index is 1420. The molecule has 1 aromatic rings. The zero-order chi connectivity index (χ0) is 31.4. The molecular formula is C35H44FNO6. The highest BCUT2D eigenvalue weighted by atomic mass is 19.1. The molecule has 1 aromatic carbocycles. The van der Waals surface area contributed by atoms with Gasteiger partial charge in [0.25, 0.3) is 0 Å². The van der Waals surface area contributed by atoms with Crippen LogP contribution in [0.15, 0.2) is 53.1 Å². The number of rotatable bonds is 7. The predicted octanol–water partition coefficient (Wildman–Crippen LogP) is 6.33. The van der Waals surface area contributed by atoms with Gasteiger partial charge in [-0.3, -0.25) is 14.4 Å². The van der Waals surface area contributed by atoms with Crippen LogP contribution in [-0.2, 0) is 23.9 Å². The van der Waals surface area contributed by atoms with E-state index in [0.717, 1.165) is 22.5 Å². The number of ketones is 1. The Kier molecular flexibility index (Phi) is 8.08.